The van der Waals surface area contributed by atoms with Crippen LogP contribution >= 0.6 is 15.9 Å². The van der Waals surface area contributed by atoms with Gasteiger partial charge in [-0.25, -0.2) is 8.42 Å². The van der Waals surface area contributed by atoms with Crippen molar-refractivity contribution in [1.29, 1.82) is 0 Å². The topological polar surface area (TPSA) is 58.6 Å². The van der Waals surface area contributed by atoms with Gasteiger partial charge in [-0.3, -0.25) is 0 Å². The fraction of sp³-hybridized carbons (Fsp3) is 0.600. The quantitative estimate of drug-likeness (QED) is 0.861. The first-order chi connectivity index (χ1) is 10.1. The largest absolute Gasteiger partial charge is 0.383 e. The van der Waals surface area contributed by atoms with Gasteiger partial charge < -0.3 is 10.1 Å². The minimum atomic E-state index is -3.32. The van der Waals surface area contributed by atoms with Gasteiger partial charge in [0, 0.05) is 23.2 Å². The van der Waals surface area contributed by atoms with E-state index in [4.69, 9.17) is 4.74 Å². The summed E-state index contributed by atoms with van der Waals surface area (Å²) in [6.45, 7) is 7.13. The molecule has 0 bridgehead atoms. The van der Waals surface area contributed by atoms with Gasteiger partial charge >= 0.3 is 0 Å². The average molecular weight is 391 g/mol. The Hall–Kier alpha value is -0.630. The normalized spacial score (nSPS) is 20.1. The summed E-state index contributed by atoms with van der Waals surface area (Å²) in [4.78, 5) is 0. The molecule has 5 nitrogen and oxygen atoms in total. The van der Waals surface area contributed by atoms with Gasteiger partial charge in [0.1, 0.15) is 0 Å². The summed E-state index contributed by atoms with van der Waals surface area (Å²) in [5, 5.41) is 3.33. The molecular weight excluding hydrogens is 368 g/mol. The van der Waals surface area contributed by atoms with Crippen LogP contribution in [-0.4, -0.2) is 43.8 Å². The lowest BCUT2D eigenvalue weighted by Gasteiger charge is -2.30. The highest BCUT2D eigenvalue weighted by Crippen LogP contribution is 2.27. The van der Waals surface area contributed by atoms with Gasteiger partial charge in [-0.05, 0) is 44.5 Å². The molecule has 1 unspecified atom stereocenters. The highest BCUT2D eigenvalue weighted by molar-refractivity contribution is 9.10. The van der Waals surface area contributed by atoms with Gasteiger partial charge in [-0.2, -0.15) is 4.31 Å². The molecule has 0 spiro atoms. The van der Waals surface area contributed by atoms with Crippen LogP contribution in [0.1, 0.15) is 26.3 Å². The Labute approximate surface area is 141 Å². The Morgan fingerprint density at radius 3 is 2.68 bits per heavy atom. The Bertz CT molecular complexity index is 641. The standard InChI is InChI=1S/C15H23BrN2O3S/c1-15(2,3)21-10-13-8-17-14-6-5-12(16)7-11(14)9-18(13)22(4,19)20/h5-7,13,17H,8-10H2,1-4H3. The van der Waals surface area contributed by atoms with Crippen molar-refractivity contribution < 1.29 is 13.2 Å². The van der Waals surface area contributed by atoms with Crippen LogP contribution in [0, 0.1) is 0 Å². The molecular formula is C15H23BrN2O3S. The average Bonchev–Trinajstić information content (AvgIpc) is 2.54. The minimum absolute atomic E-state index is 0.236. The van der Waals surface area contributed by atoms with Crippen LogP contribution in [0.4, 0.5) is 5.69 Å². The molecule has 22 heavy (non-hydrogen) atoms. The molecule has 2 rings (SSSR count). The molecule has 0 fully saturated rings. The van der Waals surface area contributed by atoms with Gasteiger partial charge in [0.2, 0.25) is 10.0 Å². The third-order valence-corrected chi connectivity index (χ3v) is 5.24. The summed E-state index contributed by atoms with van der Waals surface area (Å²) in [6.07, 6.45) is 1.25. The lowest BCUT2D eigenvalue weighted by Crippen LogP contribution is -2.45. The van der Waals surface area contributed by atoms with Crippen molar-refractivity contribution in [2.75, 3.05) is 24.7 Å². The van der Waals surface area contributed by atoms with Crippen LogP contribution in [0.2, 0.25) is 0 Å². The van der Waals surface area contributed by atoms with Crippen molar-refractivity contribution in [3.8, 4) is 0 Å². The van der Waals surface area contributed by atoms with E-state index in [0.717, 1.165) is 15.7 Å². The Morgan fingerprint density at radius 1 is 1.41 bits per heavy atom. The van der Waals surface area contributed by atoms with Gasteiger partial charge in [0.25, 0.3) is 0 Å². The zero-order chi connectivity index (χ0) is 16.5. The molecule has 0 saturated carbocycles. The van der Waals surface area contributed by atoms with Crippen LogP contribution in [0.25, 0.3) is 0 Å². The van der Waals surface area contributed by atoms with Crippen LogP contribution in [0.15, 0.2) is 22.7 Å². The summed E-state index contributed by atoms with van der Waals surface area (Å²) in [6, 6.07) is 5.63. The highest BCUT2D eigenvalue weighted by Gasteiger charge is 2.31. The first kappa shape index (κ1) is 17.7. The number of ether oxygens (including phenoxy) is 1. The minimum Gasteiger partial charge on any atom is -0.383 e. The third-order valence-electron chi connectivity index (χ3n) is 3.46. The molecule has 1 aromatic rings. The number of rotatable bonds is 3. The Kier molecular flexibility index (Phi) is 5.21. The molecule has 1 aliphatic rings. The molecule has 1 aliphatic heterocycles. The zero-order valence-corrected chi connectivity index (χ0v) is 15.8. The number of hydrogen-bond donors (Lipinski definition) is 1. The number of nitrogens with zero attached hydrogens (tertiary/aromatic N) is 1. The van der Waals surface area contributed by atoms with Gasteiger partial charge in [0.05, 0.1) is 24.5 Å². The van der Waals surface area contributed by atoms with E-state index in [9.17, 15) is 8.42 Å². The molecule has 7 heteroatoms. The number of fused-ring (bicyclic) bond motifs is 1. The predicted molar refractivity (Wildman–Crippen MR) is 92.5 cm³/mol. The van der Waals surface area contributed by atoms with Crippen molar-refractivity contribution in [2.24, 2.45) is 0 Å². The maximum atomic E-state index is 12.2. The number of sulfonamides is 1. The van der Waals surface area contributed by atoms with E-state index >= 15 is 0 Å². The first-order valence-corrected chi connectivity index (χ1v) is 9.83. The smallest absolute Gasteiger partial charge is 0.211 e. The Balaban J connectivity index is 2.28. The third kappa shape index (κ3) is 4.68. The maximum absolute atomic E-state index is 12.2. The molecule has 0 amide bonds. The van der Waals surface area contributed by atoms with Gasteiger partial charge in [-0.1, -0.05) is 15.9 Å². The number of benzene rings is 1. The van der Waals surface area contributed by atoms with Crippen molar-refractivity contribution >= 4 is 31.6 Å². The van der Waals surface area contributed by atoms with E-state index in [-0.39, 0.29) is 11.6 Å². The molecule has 1 N–H and O–H groups in total. The summed E-state index contributed by atoms with van der Waals surface area (Å²) in [5.74, 6) is 0. The predicted octanol–water partition coefficient (Wildman–Crippen LogP) is 2.82. The van der Waals surface area contributed by atoms with Crippen molar-refractivity contribution in [2.45, 2.75) is 39.0 Å². The zero-order valence-electron chi connectivity index (χ0n) is 13.4. The molecule has 1 heterocycles. The SMILES string of the molecule is CC(C)(C)OCC1CNc2ccc(Br)cc2CN1S(C)(=O)=O. The monoisotopic (exact) mass is 390 g/mol. The molecule has 0 saturated heterocycles. The fourth-order valence-corrected chi connectivity index (χ4v) is 3.83. The molecule has 0 radical (unpaired) electrons. The molecule has 1 aromatic carbocycles. The summed E-state index contributed by atoms with van der Waals surface area (Å²) >= 11 is 3.44. The van der Waals surface area contributed by atoms with E-state index in [1.165, 1.54) is 10.6 Å². The fourth-order valence-electron chi connectivity index (χ4n) is 2.37. The van der Waals surface area contributed by atoms with Gasteiger partial charge in [-0.15, -0.1) is 0 Å². The second-order valence-electron chi connectivity index (χ2n) is 6.57. The number of nitrogens with one attached hydrogen (secondary N) is 1. The van der Waals surface area contributed by atoms with Crippen molar-refractivity contribution in [1.82, 2.24) is 4.31 Å². The van der Waals surface area contributed by atoms with E-state index < -0.39 is 10.0 Å². The lowest BCUT2D eigenvalue weighted by molar-refractivity contribution is -0.0224. The number of halogens is 1. The Morgan fingerprint density at radius 2 is 2.09 bits per heavy atom. The summed E-state index contributed by atoms with van der Waals surface area (Å²) < 4.78 is 32.7. The van der Waals surface area contributed by atoms with E-state index in [0.29, 0.717) is 19.7 Å². The van der Waals surface area contributed by atoms with E-state index in [1.54, 1.807) is 0 Å². The van der Waals surface area contributed by atoms with Crippen molar-refractivity contribution in [3.05, 3.63) is 28.2 Å². The molecule has 0 aromatic heterocycles. The second kappa shape index (κ2) is 6.47. The van der Waals surface area contributed by atoms with Gasteiger partial charge in [0.15, 0.2) is 0 Å². The highest BCUT2D eigenvalue weighted by atomic mass is 79.9. The lowest BCUT2D eigenvalue weighted by atomic mass is 10.2. The molecule has 1 atom stereocenters. The van der Waals surface area contributed by atoms with Crippen LogP contribution in [0.3, 0.4) is 0 Å². The maximum Gasteiger partial charge on any atom is 0.211 e. The number of hydrogen-bond acceptors (Lipinski definition) is 4. The van der Waals surface area contributed by atoms with Crippen LogP contribution in [-0.2, 0) is 21.3 Å². The summed E-state index contributed by atoms with van der Waals surface area (Å²) in [5.41, 5.74) is 1.62. The van der Waals surface area contributed by atoms with Crippen LogP contribution < -0.4 is 5.32 Å². The summed E-state index contributed by atoms with van der Waals surface area (Å²) in [7, 11) is -3.32. The molecule has 0 aliphatic carbocycles. The first-order valence-electron chi connectivity index (χ1n) is 7.19. The second-order valence-corrected chi connectivity index (χ2v) is 9.42. The van der Waals surface area contributed by atoms with E-state index in [2.05, 4.69) is 21.2 Å². The van der Waals surface area contributed by atoms with Crippen LogP contribution in [0.5, 0.6) is 0 Å². The van der Waals surface area contributed by atoms with Crippen molar-refractivity contribution in [3.63, 3.8) is 0 Å². The number of anilines is 1. The molecule has 124 valence electrons. The van der Waals surface area contributed by atoms with E-state index in [1.807, 2.05) is 39.0 Å².